The summed E-state index contributed by atoms with van der Waals surface area (Å²) in [5, 5.41) is 10.2. The van der Waals surface area contributed by atoms with Crippen molar-refractivity contribution in [2.75, 3.05) is 0 Å². The van der Waals surface area contributed by atoms with E-state index in [0.717, 1.165) is 16.5 Å². The van der Waals surface area contributed by atoms with Crippen molar-refractivity contribution < 1.29 is 9.90 Å². The number of benzene rings is 2. The molecule has 19 heavy (non-hydrogen) atoms. The van der Waals surface area contributed by atoms with Gasteiger partial charge in [0.1, 0.15) is 0 Å². The summed E-state index contributed by atoms with van der Waals surface area (Å²) in [7, 11) is 0. The minimum Gasteiger partial charge on any atom is -0.478 e. The van der Waals surface area contributed by atoms with Crippen LogP contribution in [0.5, 0.6) is 0 Å². The molecular weight excluding hydrogens is 238 g/mol. The molecule has 2 aromatic carbocycles. The van der Waals surface area contributed by atoms with Crippen LogP contribution in [0.4, 0.5) is 0 Å². The van der Waals surface area contributed by atoms with E-state index in [1.807, 2.05) is 54.6 Å². The monoisotopic (exact) mass is 249 g/mol. The highest BCUT2D eigenvalue weighted by Gasteiger charge is 2.14. The quantitative estimate of drug-likeness (QED) is 0.754. The van der Waals surface area contributed by atoms with E-state index in [1.54, 1.807) is 6.07 Å². The number of rotatable bonds is 2. The molecule has 0 aliphatic carbocycles. The first kappa shape index (κ1) is 11.4. The Morgan fingerprint density at radius 1 is 0.947 bits per heavy atom. The number of nitrogens with zero attached hydrogens (tertiary/aromatic N) is 1. The molecule has 1 heterocycles. The molecule has 3 aromatic rings. The summed E-state index contributed by atoms with van der Waals surface area (Å²) in [6, 6.07) is 18.6. The second kappa shape index (κ2) is 4.53. The first-order valence-corrected chi connectivity index (χ1v) is 5.94. The van der Waals surface area contributed by atoms with Gasteiger partial charge in [0.15, 0.2) is 0 Å². The molecule has 3 heteroatoms. The lowest BCUT2D eigenvalue weighted by Crippen LogP contribution is -2.02. The summed E-state index contributed by atoms with van der Waals surface area (Å²) < 4.78 is 0. The van der Waals surface area contributed by atoms with Gasteiger partial charge in [0, 0.05) is 10.9 Å². The maximum atomic E-state index is 11.4. The van der Waals surface area contributed by atoms with Gasteiger partial charge in [-0.05, 0) is 12.1 Å². The van der Waals surface area contributed by atoms with Crippen LogP contribution in [0.15, 0.2) is 60.7 Å². The van der Waals surface area contributed by atoms with E-state index in [2.05, 4.69) is 4.98 Å². The highest BCUT2D eigenvalue weighted by Crippen LogP contribution is 2.25. The zero-order chi connectivity index (χ0) is 13.2. The molecule has 3 rings (SSSR count). The van der Waals surface area contributed by atoms with Crippen LogP contribution < -0.4 is 0 Å². The van der Waals surface area contributed by atoms with Crippen molar-refractivity contribution in [1.29, 1.82) is 0 Å². The van der Waals surface area contributed by atoms with Gasteiger partial charge in [0.05, 0.1) is 16.8 Å². The van der Waals surface area contributed by atoms with Gasteiger partial charge in [0.2, 0.25) is 0 Å². The number of aromatic carboxylic acids is 1. The molecule has 92 valence electrons. The predicted octanol–water partition coefficient (Wildman–Crippen LogP) is 3.60. The fraction of sp³-hybridized carbons (Fsp3) is 0. The molecule has 0 atom stereocenters. The predicted molar refractivity (Wildman–Crippen MR) is 74.1 cm³/mol. The van der Waals surface area contributed by atoms with Crippen LogP contribution in [-0.2, 0) is 0 Å². The van der Waals surface area contributed by atoms with Crippen molar-refractivity contribution in [3.63, 3.8) is 0 Å². The molecule has 1 N–H and O–H groups in total. The molecule has 3 nitrogen and oxygen atoms in total. The molecule has 0 fully saturated rings. The molecular formula is C16H11NO2. The van der Waals surface area contributed by atoms with Crippen LogP contribution in [0, 0.1) is 0 Å². The first-order valence-electron chi connectivity index (χ1n) is 5.94. The third-order valence-electron chi connectivity index (χ3n) is 3.00. The van der Waals surface area contributed by atoms with Crippen LogP contribution in [0.2, 0.25) is 0 Å². The van der Waals surface area contributed by atoms with Crippen molar-refractivity contribution in [3.05, 3.63) is 66.2 Å². The van der Waals surface area contributed by atoms with Crippen LogP contribution in [0.3, 0.4) is 0 Å². The Morgan fingerprint density at radius 3 is 2.37 bits per heavy atom. The number of hydrogen-bond acceptors (Lipinski definition) is 2. The summed E-state index contributed by atoms with van der Waals surface area (Å²) in [6.45, 7) is 0. The number of carboxylic acid groups (broad SMARTS) is 1. The Balaban J connectivity index is 2.33. The normalized spacial score (nSPS) is 10.5. The van der Waals surface area contributed by atoms with Gasteiger partial charge in [-0.1, -0.05) is 48.5 Å². The standard InChI is InChI=1S/C16H11NO2/c18-16(19)13-10-12-8-4-5-9-14(12)17-15(13)11-6-2-1-3-7-11/h1-10H,(H,18,19). The summed E-state index contributed by atoms with van der Waals surface area (Å²) in [4.78, 5) is 15.9. The molecule has 0 saturated carbocycles. The van der Waals surface area contributed by atoms with Crippen LogP contribution in [0.1, 0.15) is 10.4 Å². The van der Waals surface area contributed by atoms with Gasteiger partial charge < -0.3 is 5.11 Å². The van der Waals surface area contributed by atoms with E-state index in [9.17, 15) is 9.90 Å². The lowest BCUT2D eigenvalue weighted by Gasteiger charge is -2.07. The Morgan fingerprint density at radius 2 is 1.63 bits per heavy atom. The van der Waals surface area contributed by atoms with Gasteiger partial charge in [-0.25, -0.2) is 9.78 Å². The summed E-state index contributed by atoms with van der Waals surface area (Å²) in [5.41, 5.74) is 2.34. The maximum absolute atomic E-state index is 11.4. The highest BCUT2D eigenvalue weighted by molar-refractivity contribution is 5.99. The number of pyridine rings is 1. The molecule has 1 aromatic heterocycles. The van der Waals surface area contributed by atoms with Gasteiger partial charge in [0.25, 0.3) is 0 Å². The molecule has 0 aliphatic rings. The molecule has 0 aliphatic heterocycles. The lowest BCUT2D eigenvalue weighted by molar-refractivity contribution is 0.0697. The molecule has 0 unspecified atom stereocenters. The molecule has 0 amide bonds. The smallest absolute Gasteiger partial charge is 0.337 e. The molecule has 0 bridgehead atoms. The summed E-state index contributed by atoms with van der Waals surface area (Å²) in [6.07, 6.45) is 0. The lowest BCUT2D eigenvalue weighted by atomic mass is 10.0. The largest absolute Gasteiger partial charge is 0.478 e. The number of fused-ring (bicyclic) bond motifs is 1. The second-order valence-corrected chi connectivity index (χ2v) is 4.25. The van der Waals surface area contributed by atoms with E-state index in [-0.39, 0.29) is 5.56 Å². The van der Waals surface area contributed by atoms with Crippen molar-refractivity contribution in [1.82, 2.24) is 4.98 Å². The van der Waals surface area contributed by atoms with Crippen LogP contribution >= 0.6 is 0 Å². The van der Waals surface area contributed by atoms with Crippen LogP contribution in [0.25, 0.3) is 22.2 Å². The fourth-order valence-corrected chi connectivity index (χ4v) is 2.10. The Bertz CT molecular complexity index is 751. The number of carbonyl (C=O) groups is 1. The van der Waals surface area contributed by atoms with Crippen molar-refractivity contribution in [2.24, 2.45) is 0 Å². The van der Waals surface area contributed by atoms with Gasteiger partial charge >= 0.3 is 5.97 Å². The van der Waals surface area contributed by atoms with Gasteiger partial charge in [-0.3, -0.25) is 0 Å². The highest BCUT2D eigenvalue weighted by atomic mass is 16.4. The number of hydrogen-bond donors (Lipinski definition) is 1. The van der Waals surface area contributed by atoms with E-state index >= 15 is 0 Å². The number of aromatic nitrogens is 1. The zero-order valence-electron chi connectivity index (χ0n) is 10.1. The van der Waals surface area contributed by atoms with Crippen LogP contribution in [-0.4, -0.2) is 16.1 Å². The molecule has 0 spiro atoms. The van der Waals surface area contributed by atoms with E-state index in [0.29, 0.717) is 5.69 Å². The SMILES string of the molecule is O=C(O)c1cc2ccccc2nc1-c1ccccc1. The topological polar surface area (TPSA) is 50.2 Å². The summed E-state index contributed by atoms with van der Waals surface area (Å²) in [5.74, 6) is -0.961. The Kier molecular flexibility index (Phi) is 2.72. The minimum absolute atomic E-state index is 0.227. The Hall–Kier alpha value is -2.68. The van der Waals surface area contributed by atoms with E-state index in [4.69, 9.17) is 0 Å². The number of carboxylic acids is 1. The van der Waals surface area contributed by atoms with Crippen molar-refractivity contribution in [3.8, 4) is 11.3 Å². The molecule has 0 saturated heterocycles. The number of para-hydroxylation sites is 1. The maximum Gasteiger partial charge on any atom is 0.337 e. The van der Waals surface area contributed by atoms with Crippen molar-refractivity contribution in [2.45, 2.75) is 0 Å². The second-order valence-electron chi connectivity index (χ2n) is 4.25. The average Bonchev–Trinajstić information content (AvgIpc) is 2.46. The van der Waals surface area contributed by atoms with Gasteiger partial charge in [-0.15, -0.1) is 0 Å². The van der Waals surface area contributed by atoms with E-state index in [1.165, 1.54) is 0 Å². The zero-order valence-corrected chi connectivity index (χ0v) is 10.1. The molecule has 0 radical (unpaired) electrons. The van der Waals surface area contributed by atoms with Gasteiger partial charge in [-0.2, -0.15) is 0 Å². The van der Waals surface area contributed by atoms with E-state index < -0.39 is 5.97 Å². The average molecular weight is 249 g/mol. The van der Waals surface area contributed by atoms with Crippen molar-refractivity contribution >= 4 is 16.9 Å². The Labute approximate surface area is 110 Å². The third-order valence-corrected chi connectivity index (χ3v) is 3.00. The fourth-order valence-electron chi connectivity index (χ4n) is 2.10. The third kappa shape index (κ3) is 2.06. The minimum atomic E-state index is -0.961. The summed E-state index contributed by atoms with van der Waals surface area (Å²) >= 11 is 0. The first-order chi connectivity index (χ1) is 9.25.